The number of likely N-dealkylation sites (tertiary alicyclic amines) is 1. The molecular weight excluding hydrogens is 348 g/mol. The highest BCUT2D eigenvalue weighted by Crippen LogP contribution is 2.33. The summed E-state index contributed by atoms with van der Waals surface area (Å²) in [6.45, 7) is 1.55. The first-order chi connectivity index (χ1) is 13.2. The third-order valence-corrected chi connectivity index (χ3v) is 4.57. The van der Waals surface area contributed by atoms with Crippen LogP contribution < -0.4 is 14.8 Å². The fourth-order valence-corrected chi connectivity index (χ4v) is 3.18. The van der Waals surface area contributed by atoms with E-state index in [1.807, 2.05) is 6.07 Å². The molecule has 1 saturated heterocycles. The maximum absolute atomic E-state index is 13.0. The smallest absolute Gasteiger partial charge is 0.291 e. The summed E-state index contributed by atoms with van der Waals surface area (Å²) in [4.78, 5) is 27.2. The van der Waals surface area contributed by atoms with Crippen LogP contribution in [-0.4, -0.2) is 36.6 Å². The molecular formula is C20H20N2O5. The molecule has 1 aromatic heterocycles. The average molecular weight is 368 g/mol. The van der Waals surface area contributed by atoms with Crippen LogP contribution in [0.15, 0.2) is 46.7 Å². The van der Waals surface area contributed by atoms with Gasteiger partial charge in [-0.15, -0.1) is 0 Å². The lowest BCUT2D eigenvalue weighted by molar-refractivity contribution is -0.128. The third-order valence-electron chi connectivity index (χ3n) is 4.57. The Morgan fingerprint density at radius 2 is 1.85 bits per heavy atom. The Morgan fingerprint density at radius 1 is 1.04 bits per heavy atom. The molecule has 0 radical (unpaired) electrons. The predicted octanol–water partition coefficient (Wildman–Crippen LogP) is 2.79. The number of fused-ring (bicyclic) bond motifs is 1. The molecule has 4 rings (SSSR count). The van der Waals surface area contributed by atoms with Gasteiger partial charge in [-0.3, -0.25) is 9.59 Å². The Morgan fingerprint density at radius 3 is 2.63 bits per heavy atom. The lowest BCUT2D eigenvalue weighted by atomic mass is 10.1. The molecule has 1 N–H and O–H groups in total. The number of carbonyl (C=O) groups excluding carboxylic acids is 2. The van der Waals surface area contributed by atoms with Crippen molar-refractivity contribution in [1.82, 2.24) is 10.2 Å². The summed E-state index contributed by atoms with van der Waals surface area (Å²) in [5.74, 6) is 0.768. The molecule has 140 valence electrons. The van der Waals surface area contributed by atoms with Gasteiger partial charge in [0.2, 0.25) is 6.79 Å². The Bertz CT molecular complexity index is 867. The van der Waals surface area contributed by atoms with E-state index in [0.717, 1.165) is 24.8 Å². The number of piperidine rings is 1. The zero-order valence-electron chi connectivity index (χ0n) is 14.8. The maximum atomic E-state index is 13.0. The number of amides is 2. The number of hydrogen-bond donors (Lipinski definition) is 1. The Balaban J connectivity index is 1.62. The van der Waals surface area contributed by atoms with Gasteiger partial charge in [0.05, 0.1) is 6.26 Å². The minimum atomic E-state index is -0.461. The molecule has 3 heterocycles. The van der Waals surface area contributed by atoms with Crippen LogP contribution in [0.25, 0.3) is 6.08 Å². The number of benzene rings is 1. The van der Waals surface area contributed by atoms with Gasteiger partial charge in [-0.2, -0.15) is 0 Å². The highest BCUT2D eigenvalue weighted by atomic mass is 16.7. The third kappa shape index (κ3) is 3.81. The fourth-order valence-electron chi connectivity index (χ4n) is 3.18. The zero-order chi connectivity index (χ0) is 18.6. The van der Waals surface area contributed by atoms with Crippen LogP contribution in [0, 0.1) is 0 Å². The van der Waals surface area contributed by atoms with Crippen LogP contribution in [-0.2, 0) is 4.79 Å². The molecule has 0 unspecified atom stereocenters. The molecule has 0 aliphatic carbocycles. The second-order valence-electron chi connectivity index (χ2n) is 6.45. The first kappa shape index (κ1) is 17.2. The summed E-state index contributed by atoms with van der Waals surface area (Å²) in [5.41, 5.74) is 0.941. The van der Waals surface area contributed by atoms with Gasteiger partial charge in [0.15, 0.2) is 17.3 Å². The molecule has 2 aromatic rings. The lowest BCUT2D eigenvalue weighted by Crippen LogP contribution is -2.41. The minimum absolute atomic E-state index is 0.151. The Hall–Kier alpha value is -3.22. The highest BCUT2D eigenvalue weighted by Gasteiger charge is 2.23. The average Bonchev–Trinajstić information content (AvgIpc) is 3.39. The molecule has 0 saturated carbocycles. The van der Waals surface area contributed by atoms with Gasteiger partial charge in [-0.1, -0.05) is 6.07 Å². The molecule has 2 aliphatic heterocycles. The van der Waals surface area contributed by atoms with E-state index in [4.69, 9.17) is 13.9 Å². The topological polar surface area (TPSA) is 81.0 Å². The van der Waals surface area contributed by atoms with Crippen molar-refractivity contribution in [3.05, 3.63) is 53.6 Å². The van der Waals surface area contributed by atoms with E-state index in [0.29, 0.717) is 24.6 Å². The number of ether oxygens (including phenoxy) is 2. The first-order valence-electron chi connectivity index (χ1n) is 8.96. The van der Waals surface area contributed by atoms with Crippen molar-refractivity contribution in [2.24, 2.45) is 0 Å². The van der Waals surface area contributed by atoms with Gasteiger partial charge in [0.1, 0.15) is 5.70 Å². The maximum Gasteiger partial charge on any atom is 0.291 e. The minimum Gasteiger partial charge on any atom is -0.459 e. The van der Waals surface area contributed by atoms with E-state index in [-0.39, 0.29) is 24.2 Å². The predicted molar refractivity (Wildman–Crippen MR) is 97.1 cm³/mol. The summed E-state index contributed by atoms with van der Waals surface area (Å²) >= 11 is 0. The van der Waals surface area contributed by atoms with Crippen molar-refractivity contribution in [3.8, 4) is 11.5 Å². The van der Waals surface area contributed by atoms with Crippen molar-refractivity contribution in [1.29, 1.82) is 0 Å². The number of furan rings is 1. The van der Waals surface area contributed by atoms with Crippen molar-refractivity contribution in [3.63, 3.8) is 0 Å². The van der Waals surface area contributed by atoms with Crippen molar-refractivity contribution in [2.45, 2.75) is 19.3 Å². The summed E-state index contributed by atoms with van der Waals surface area (Å²) in [5, 5.41) is 2.70. The van der Waals surface area contributed by atoms with Gasteiger partial charge < -0.3 is 24.1 Å². The SMILES string of the molecule is O=C(NC(=Cc1ccc2c(c1)OCO2)C(=O)N1CCCCC1)c1ccco1. The van der Waals surface area contributed by atoms with E-state index >= 15 is 0 Å². The van der Waals surface area contributed by atoms with Crippen LogP contribution in [0.1, 0.15) is 35.4 Å². The molecule has 1 aromatic carbocycles. The van der Waals surface area contributed by atoms with Crippen molar-refractivity contribution < 1.29 is 23.5 Å². The van der Waals surface area contributed by atoms with E-state index in [2.05, 4.69) is 5.32 Å². The molecule has 1 fully saturated rings. The molecule has 2 aliphatic rings. The first-order valence-corrected chi connectivity index (χ1v) is 8.96. The Labute approximate surface area is 156 Å². The molecule has 2 amide bonds. The van der Waals surface area contributed by atoms with Crippen LogP contribution in [0.3, 0.4) is 0 Å². The van der Waals surface area contributed by atoms with E-state index in [9.17, 15) is 9.59 Å². The van der Waals surface area contributed by atoms with Crippen LogP contribution in [0.2, 0.25) is 0 Å². The normalized spacial score (nSPS) is 16.3. The van der Waals surface area contributed by atoms with Crippen LogP contribution >= 0.6 is 0 Å². The molecule has 0 atom stereocenters. The second kappa shape index (κ2) is 7.57. The van der Waals surface area contributed by atoms with Gasteiger partial charge >= 0.3 is 0 Å². The molecule has 7 heteroatoms. The van der Waals surface area contributed by atoms with Gasteiger partial charge in [-0.05, 0) is 55.2 Å². The van der Waals surface area contributed by atoms with Crippen molar-refractivity contribution in [2.75, 3.05) is 19.9 Å². The molecule has 0 spiro atoms. The summed E-state index contributed by atoms with van der Waals surface area (Å²) in [6, 6.07) is 8.56. The zero-order valence-corrected chi connectivity index (χ0v) is 14.8. The van der Waals surface area contributed by atoms with Crippen LogP contribution in [0.4, 0.5) is 0 Å². The van der Waals surface area contributed by atoms with Crippen molar-refractivity contribution >= 4 is 17.9 Å². The quantitative estimate of drug-likeness (QED) is 0.840. The molecule has 7 nitrogen and oxygen atoms in total. The summed E-state index contributed by atoms with van der Waals surface area (Å²) < 4.78 is 15.8. The largest absolute Gasteiger partial charge is 0.459 e. The van der Waals surface area contributed by atoms with Gasteiger partial charge in [-0.25, -0.2) is 0 Å². The summed E-state index contributed by atoms with van der Waals surface area (Å²) in [7, 11) is 0. The number of nitrogens with zero attached hydrogens (tertiary/aromatic N) is 1. The monoisotopic (exact) mass is 368 g/mol. The van der Waals surface area contributed by atoms with E-state index in [1.54, 1.807) is 35.2 Å². The standard InChI is InChI=1S/C20H20N2O5/c23-19(17-5-4-10-25-17)21-15(20(24)22-8-2-1-3-9-22)11-14-6-7-16-18(12-14)27-13-26-16/h4-7,10-12H,1-3,8-9,13H2,(H,21,23). The van der Waals surface area contributed by atoms with E-state index < -0.39 is 5.91 Å². The van der Waals surface area contributed by atoms with Gasteiger partial charge in [0.25, 0.3) is 11.8 Å². The number of rotatable bonds is 4. The fraction of sp³-hybridized carbons (Fsp3) is 0.300. The number of hydrogen-bond acceptors (Lipinski definition) is 5. The molecule has 0 bridgehead atoms. The molecule has 27 heavy (non-hydrogen) atoms. The van der Waals surface area contributed by atoms with Crippen LogP contribution in [0.5, 0.6) is 11.5 Å². The number of carbonyl (C=O) groups is 2. The number of nitrogens with one attached hydrogen (secondary N) is 1. The summed E-state index contributed by atoms with van der Waals surface area (Å²) in [6.07, 6.45) is 6.12. The lowest BCUT2D eigenvalue weighted by Gasteiger charge is -2.27. The van der Waals surface area contributed by atoms with Gasteiger partial charge in [0, 0.05) is 13.1 Å². The highest BCUT2D eigenvalue weighted by molar-refractivity contribution is 6.04. The second-order valence-corrected chi connectivity index (χ2v) is 6.45. The van der Waals surface area contributed by atoms with E-state index in [1.165, 1.54) is 6.26 Å². The Kier molecular flexibility index (Phi) is 4.82.